The van der Waals surface area contributed by atoms with Crippen LogP contribution in [0.2, 0.25) is 0 Å². The maximum atomic E-state index is 12.4. The van der Waals surface area contributed by atoms with Crippen LogP contribution in [-0.4, -0.2) is 58.0 Å². The molecule has 130 valence electrons. The highest BCUT2D eigenvalue weighted by Gasteiger charge is 2.36. The molecule has 0 unspecified atom stereocenters. The fourth-order valence-corrected chi connectivity index (χ4v) is 2.69. The number of aliphatic carboxylic acids is 1. The van der Waals surface area contributed by atoms with Crippen LogP contribution in [0.4, 0.5) is 0 Å². The highest BCUT2D eigenvalue weighted by Crippen LogP contribution is 2.19. The van der Waals surface area contributed by atoms with E-state index in [-0.39, 0.29) is 11.4 Å². The molecule has 0 spiro atoms. The Bertz CT molecular complexity index is 634. The zero-order valence-electron chi connectivity index (χ0n) is 13.7. The standard InChI is InChI=1S/C16H21N3O5/c1-3-24-14-11(6-4-8-17-14)13(20)18-10(2)15(21)19-9-5-7-12(19)16(22)23/h4,6,8,10,12H,3,5,7,9H2,1-2H3,(H,18,20)(H,22,23)/t10-,12-/m0/s1. The minimum absolute atomic E-state index is 0.196. The number of amides is 2. The van der Waals surface area contributed by atoms with Gasteiger partial charge in [-0.05, 0) is 38.8 Å². The van der Waals surface area contributed by atoms with E-state index >= 15 is 0 Å². The Morgan fingerprint density at radius 1 is 1.50 bits per heavy atom. The summed E-state index contributed by atoms with van der Waals surface area (Å²) >= 11 is 0. The van der Waals surface area contributed by atoms with Gasteiger partial charge < -0.3 is 20.1 Å². The van der Waals surface area contributed by atoms with Crippen LogP contribution in [0.1, 0.15) is 37.0 Å². The molecule has 2 amide bonds. The molecule has 1 aliphatic heterocycles. The third-order valence-corrected chi connectivity index (χ3v) is 3.84. The number of aromatic nitrogens is 1. The summed E-state index contributed by atoms with van der Waals surface area (Å²) in [5.41, 5.74) is 0.232. The van der Waals surface area contributed by atoms with E-state index in [2.05, 4.69) is 10.3 Å². The number of carboxylic acid groups (broad SMARTS) is 1. The van der Waals surface area contributed by atoms with Crippen LogP contribution in [0.15, 0.2) is 18.3 Å². The molecule has 1 aromatic heterocycles. The van der Waals surface area contributed by atoms with Crippen LogP contribution in [0.25, 0.3) is 0 Å². The monoisotopic (exact) mass is 335 g/mol. The van der Waals surface area contributed by atoms with Crippen molar-refractivity contribution in [1.82, 2.24) is 15.2 Å². The smallest absolute Gasteiger partial charge is 0.326 e. The third-order valence-electron chi connectivity index (χ3n) is 3.84. The molecule has 0 aliphatic carbocycles. The molecule has 1 saturated heterocycles. The number of nitrogens with zero attached hydrogens (tertiary/aromatic N) is 2. The first-order valence-electron chi connectivity index (χ1n) is 7.87. The van der Waals surface area contributed by atoms with Gasteiger partial charge in [0.15, 0.2) is 0 Å². The van der Waals surface area contributed by atoms with Gasteiger partial charge in [0.1, 0.15) is 17.6 Å². The molecular weight excluding hydrogens is 314 g/mol. The zero-order chi connectivity index (χ0) is 17.7. The number of hydrogen-bond donors (Lipinski definition) is 2. The third kappa shape index (κ3) is 3.81. The molecule has 24 heavy (non-hydrogen) atoms. The van der Waals surface area contributed by atoms with Gasteiger partial charge in [-0.25, -0.2) is 9.78 Å². The molecule has 0 bridgehead atoms. The van der Waals surface area contributed by atoms with E-state index in [1.807, 2.05) is 0 Å². The average molecular weight is 335 g/mol. The second kappa shape index (κ2) is 7.76. The van der Waals surface area contributed by atoms with E-state index in [1.54, 1.807) is 19.1 Å². The minimum Gasteiger partial charge on any atom is -0.480 e. The van der Waals surface area contributed by atoms with E-state index < -0.39 is 29.9 Å². The SMILES string of the molecule is CCOc1ncccc1C(=O)N[C@@H](C)C(=O)N1CCC[C@H]1C(=O)O. The number of ether oxygens (including phenoxy) is 1. The highest BCUT2D eigenvalue weighted by molar-refractivity contribution is 5.99. The lowest BCUT2D eigenvalue weighted by molar-refractivity contribution is -0.148. The second-order valence-electron chi connectivity index (χ2n) is 5.51. The molecule has 2 N–H and O–H groups in total. The first-order valence-corrected chi connectivity index (χ1v) is 7.87. The maximum absolute atomic E-state index is 12.4. The molecule has 1 fully saturated rings. The summed E-state index contributed by atoms with van der Waals surface area (Å²) in [6, 6.07) is 1.49. The first-order chi connectivity index (χ1) is 11.5. The van der Waals surface area contributed by atoms with Crippen LogP contribution in [0, 0.1) is 0 Å². The maximum Gasteiger partial charge on any atom is 0.326 e. The van der Waals surface area contributed by atoms with Gasteiger partial charge in [-0.1, -0.05) is 0 Å². The van der Waals surface area contributed by atoms with Crippen molar-refractivity contribution in [1.29, 1.82) is 0 Å². The van der Waals surface area contributed by atoms with Crippen molar-refractivity contribution in [3.05, 3.63) is 23.9 Å². The Hall–Kier alpha value is -2.64. The number of carboxylic acids is 1. The zero-order valence-corrected chi connectivity index (χ0v) is 13.7. The fraction of sp³-hybridized carbons (Fsp3) is 0.500. The van der Waals surface area contributed by atoms with Gasteiger partial charge in [-0.3, -0.25) is 9.59 Å². The second-order valence-corrected chi connectivity index (χ2v) is 5.51. The number of nitrogens with one attached hydrogen (secondary N) is 1. The van der Waals surface area contributed by atoms with Crippen molar-refractivity contribution in [3.63, 3.8) is 0 Å². The largest absolute Gasteiger partial charge is 0.480 e. The van der Waals surface area contributed by atoms with Gasteiger partial charge in [0.2, 0.25) is 11.8 Å². The Kier molecular flexibility index (Phi) is 5.73. The molecule has 0 radical (unpaired) electrons. The summed E-state index contributed by atoms with van der Waals surface area (Å²) < 4.78 is 5.30. The van der Waals surface area contributed by atoms with Crippen molar-refractivity contribution < 1.29 is 24.2 Å². The van der Waals surface area contributed by atoms with Gasteiger partial charge in [-0.15, -0.1) is 0 Å². The predicted octanol–water partition coefficient (Wildman–Crippen LogP) is 0.674. The molecule has 0 saturated carbocycles. The first kappa shape index (κ1) is 17.7. The summed E-state index contributed by atoms with van der Waals surface area (Å²) in [6.45, 7) is 4.06. The lowest BCUT2D eigenvalue weighted by atomic mass is 10.2. The lowest BCUT2D eigenvalue weighted by Crippen LogP contribution is -2.50. The Morgan fingerprint density at radius 2 is 2.25 bits per heavy atom. The summed E-state index contributed by atoms with van der Waals surface area (Å²) in [5, 5.41) is 11.8. The fourth-order valence-electron chi connectivity index (χ4n) is 2.69. The summed E-state index contributed by atoms with van der Waals surface area (Å²) in [4.78, 5) is 41.3. The Labute approximate surface area is 139 Å². The molecule has 8 nitrogen and oxygen atoms in total. The van der Waals surface area contributed by atoms with E-state index in [4.69, 9.17) is 9.84 Å². The van der Waals surface area contributed by atoms with Gasteiger partial charge in [-0.2, -0.15) is 0 Å². The predicted molar refractivity (Wildman–Crippen MR) is 84.7 cm³/mol. The summed E-state index contributed by atoms with van der Waals surface area (Å²) in [7, 11) is 0. The van der Waals surface area contributed by atoms with Crippen LogP contribution >= 0.6 is 0 Å². The number of pyridine rings is 1. The number of carbonyl (C=O) groups excluding carboxylic acids is 2. The van der Waals surface area contributed by atoms with E-state index in [9.17, 15) is 14.4 Å². The molecule has 1 aromatic rings. The van der Waals surface area contributed by atoms with E-state index in [0.29, 0.717) is 26.0 Å². The quantitative estimate of drug-likeness (QED) is 0.791. The Morgan fingerprint density at radius 3 is 2.92 bits per heavy atom. The van der Waals surface area contributed by atoms with Crippen molar-refractivity contribution in [2.45, 2.75) is 38.8 Å². The lowest BCUT2D eigenvalue weighted by Gasteiger charge is -2.25. The van der Waals surface area contributed by atoms with Crippen LogP contribution < -0.4 is 10.1 Å². The summed E-state index contributed by atoms with van der Waals surface area (Å²) in [6.07, 6.45) is 2.58. The normalized spacial score (nSPS) is 18.1. The highest BCUT2D eigenvalue weighted by atomic mass is 16.5. The van der Waals surface area contributed by atoms with Crippen molar-refractivity contribution in [2.75, 3.05) is 13.2 Å². The van der Waals surface area contributed by atoms with Crippen LogP contribution in [-0.2, 0) is 9.59 Å². The van der Waals surface area contributed by atoms with Gasteiger partial charge in [0.25, 0.3) is 5.91 Å². The molecule has 1 aliphatic rings. The van der Waals surface area contributed by atoms with E-state index in [1.165, 1.54) is 18.0 Å². The number of rotatable bonds is 6. The van der Waals surface area contributed by atoms with Crippen LogP contribution in [0.3, 0.4) is 0 Å². The van der Waals surface area contributed by atoms with Crippen molar-refractivity contribution in [3.8, 4) is 5.88 Å². The molecule has 2 rings (SSSR count). The van der Waals surface area contributed by atoms with Crippen molar-refractivity contribution >= 4 is 17.8 Å². The number of likely N-dealkylation sites (tertiary alicyclic amines) is 1. The van der Waals surface area contributed by atoms with Crippen molar-refractivity contribution in [2.24, 2.45) is 0 Å². The molecule has 2 heterocycles. The van der Waals surface area contributed by atoms with Gasteiger partial charge in [0, 0.05) is 12.7 Å². The summed E-state index contributed by atoms with van der Waals surface area (Å²) in [5.74, 6) is -1.72. The topological polar surface area (TPSA) is 109 Å². The average Bonchev–Trinajstić information content (AvgIpc) is 3.04. The minimum atomic E-state index is -1.02. The number of hydrogen-bond acceptors (Lipinski definition) is 5. The molecule has 2 atom stereocenters. The molecular formula is C16H21N3O5. The Balaban J connectivity index is 2.06. The van der Waals surface area contributed by atoms with Crippen LogP contribution in [0.5, 0.6) is 5.88 Å². The van der Waals surface area contributed by atoms with E-state index in [0.717, 1.165) is 0 Å². The van der Waals surface area contributed by atoms with Gasteiger partial charge in [0.05, 0.1) is 6.61 Å². The molecule has 8 heteroatoms. The number of carbonyl (C=O) groups is 3. The molecule has 0 aromatic carbocycles. The van der Waals surface area contributed by atoms with Gasteiger partial charge >= 0.3 is 5.97 Å².